The molecule has 29 heavy (non-hydrogen) atoms. The van der Waals surface area contributed by atoms with Gasteiger partial charge < -0.3 is 21.7 Å². The molecule has 0 amide bonds. The normalized spacial score (nSPS) is 9.38. The minimum absolute atomic E-state index is 0. The molecule has 0 atom stereocenters. The predicted molar refractivity (Wildman–Crippen MR) is 71.1 cm³/mol. The van der Waals surface area contributed by atoms with Crippen molar-refractivity contribution in [3.63, 3.8) is 0 Å². The Bertz CT molecular complexity index is 513. The van der Waals surface area contributed by atoms with Crippen molar-refractivity contribution in [1.82, 2.24) is 15.3 Å². The predicted octanol–water partition coefficient (Wildman–Crippen LogP) is -10.3. The summed E-state index contributed by atoms with van der Waals surface area (Å²) in [5.74, 6) is 0. The van der Waals surface area contributed by atoms with Crippen molar-refractivity contribution in [3.8, 4) is 0 Å². The van der Waals surface area contributed by atoms with Gasteiger partial charge in [-0.15, -0.1) is 20.5 Å². The standard InChI is InChI=1S/C12H13N3.2ClHO4.3H2O.Pd/c1-3-7-14-11(5-1)9-13-10-12-6-2-4-8-15-12;2*2-1(3,4)5;;;;/h1-8,13H,9-10H2;2*(H,2,3,4,5);3*1H2;/q;;;;;;+2/p-1. The van der Waals surface area contributed by atoms with Crippen LogP contribution in [0.3, 0.4) is 0 Å². The van der Waals surface area contributed by atoms with E-state index in [9.17, 15) is 0 Å². The smallest absolute Gasteiger partial charge is 0.457 e. The molecule has 2 rings (SSSR count). The Hall–Kier alpha value is -0.938. The second kappa shape index (κ2) is 20.3. The van der Waals surface area contributed by atoms with E-state index in [1.165, 1.54) is 0 Å². The minimum atomic E-state index is -4.94. The Morgan fingerprint density at radius 3 is 1.14 bits per heavy atom. The monoisotopic (exact) mass is 558 g/mol. The van der Waals surface area contributed by atoms with Gasteiger partial charge >= 0.3 is 20.4 Å². The van der Waals surface area contributed by atoms with Crippen LogP contribution in [-0.2, 0) is 39.0 Å². The number of aromatic nitrogens is 2. The summed E-state index contributed by atoms with van der Waals surface area (Å²) in [4.78, 5) is 8.45. The van der Waals surface area contributed by atoms with E-state index in [4.69, 9.17) is 37.3 Å². The second-order valence-corrected chi connectivity index (χ2v) is 5.51. The average molecular weight is 560 g/mol. The molecule has 0 aliphatic carbocycles. The Morgan fingerprint density at radius 2 is 0.931 bits per heavy atom. The zero-order valence-electron chi connectivity index (χ0n) is 14.3. The summed E-state index contributed by atoms with van der Waals surface area (Å²) in [7, 11) is -9.89. The fraction of sp³-hybridized carbons (Fsp3) is 0.167. The fourth-order valence-electron chi connectivity index (χ4n) is 1.32. The van der Waals surface area contributed by atoms with Crippen LogP contribution in [0.4, 0.5) is 0 Å². The van der Waals surface area contributed by atoms with Crippen molar-refractivity contribution >= 4 is 0 Å². The number of pyridine rings is 2. The van der Waals surface area contributed by atoms with Crippen LogP contribution in [0.5, 0.6) is 0 Å². The van der Waals surface area contributed by atoms with Crippen molar-refractivity contribution in [2.45, 2.75) is 13.1 Å². The average Bonchev–Trinajstić information content (AvgIpc) is 2.46. The van der Waals surface area contributed by atoms with Crippen molar-refractivity contribution in [3.05, 3.63) is 60.2 Å². The van der Waals surface area contributed by atoms with Crippen LogP contribution in [0.2, 0.25) is 0 Å². The molecule has 14 nitrogen and oxygen atoms in total. The molecule has 0 aromatic carbocycles. The third-order valence-electron chi connectivity index (χ3n) is 2.06. The topological polar surface area (TPSA) is 318 Å². The van der Waals surface area contributed by atoms with Gasteiger partial charge in [0, 0.05) is 25.5 Å². The first-order valence-electron chi connectivity index (χ1n) is 6.19. The molecule has 172 valence electrons. The Kier molecular flexibility index (Phi) is 27.1. The number of rotatable bonds is 4. The Balaban J connectivity index is -0.000000118. The molecular formula is C12H20Cl2N3O11Pd+. The molecule has 0 bridgehead atoms. The van der Waals surface area contributed by atoms with E-state index in [2.05, 4.69) is 15.3 Å². The molecule has 0 saturated heterocycles. The Morgan fingerprint density at radius 1 is 0.655 bits per heavy atom. The van der Waals surface area contributed by atoms with Gasteiger partial charge in [0.15, 0.2) is 0 Å². The van der Waals surface area contributed by atoms with Gasteiger partial charge in [0.2, 0.25) is 0 Å². The van der Waals surface area contributed by atoms with E-state index < -0.39 is 20.5 Å². The van der Waals surface area contributed by atoms with E-state index >= 15 is 0 Å². The van der Waals surface area contributed by atoms with Crippen LogP contribution in [0.25, 0.3) is 0 Å². The van der Waals surface area contributed by atoms with E-state index in [1.54, 1.807) is 12.4 Å². The molecule has 0 aliphatic rings. The summed E-state index contributed by atoms with van der Waals surface area (Å²) >= 11 is 0. The largest absolute Gasteiger partial charge is 2.00 e. The number of nitrogens with zero attached hydrogens (tertiary/aromatic N) is 2. The van der Waals surface area contributed by atoms with E-state index in [-0.39, 0.29) is 36.9 Å². The molecule has 0 saturated carbocycles. The van der Waals surface area contributed by atoms with E-state index in [0.29, 0.717) is 0 Å². The van der Waals surface area contributed by atoms with Crippen LogP contribution in [0.15, 0.2) is 48.8 Å². The molecular weight excluding hydrogens is 539 g/mol. The van der Waals surface area contributed by atoms with Crippen molar-refractivity contribution in [2.75, 3.05) is 0 Å². The molecule has 2 aromatic rings. The first kappa shape index (κ1) is 38.6. The van der Waals surface area contributed by atoms with Gasteiger partial charge in [-0.3, -0.25) is 9.97 Å². The minimum Gasteiger partial charge on any atom is -0.457 e. The molecule has 17 heteroatoms. The zero-order valence-corrected chi connectivity index (χ0v) is 17.4. The maximum absolute atomic E-state index is 8.49. The molecule has 8 N–H and O–H groups in total. The maximum atomic E-state index is 8.49. The summed E-state index contributed by atoms with van der Waals surface area (Å²) in [6.07, 6.45) is 3.61. The summed E-state index contributed by atoms with van der Waals surface area (Å²) in [6.45, 7) is 1.55. The summed E-state index contributed by atoms with van der Waals surface area (Å²) in [5.41, 5.74) is 2.10. The molecule has 0 unspecified atom stereocenters. The quantitative estimate of drug-likeness (QED) is 0.270. The number of hydrogen-bond donors (Lipinski definition) is 1. The van der Waals surface area contributed by atoms with Gasteiger partial charge in [-0.05, 0) is 24.3 Å². The Labute approximate surface area is 183 Å². The maximum Gasteiger partial charge on any atom is 2.00 e. The first-order chi connectivity index (χ1) is 11.4. The number of hydrogen-bond acceptors (Lipinski definition) is 11. The van der Waals surface area contributed by atoms with Gasteiger partial charge in [0.05, 0.1) is 11.4 Å². The summed E-state index contributed by atoms with van der Waals surface area (Å²) < 4.78 is 67.9. The zero-order chi connectivity index (χ0) is 19.3. The third kappa shape index (κ3) is 38.3. The first-order valence-corrected chi connectivity index (χ1v) is 8.66. The van der Waals surface area contributed by atoms with Crippen LogP contribution in [-0.4, -0.2) is 20.9 Å². The number of nitrogens with one attached hydrogen (secondary N) is 1. The third-order valence-corrected chi connectivity index (χ3v) is 2.06. The van der Waals surface area contributed by atoms with Crippen LogP contribution >= 0.6 is 0 Å². The molecule has 0 radical (unpaired) electrons. The van der Waals surface area contributed by atoms with Gasteiger partial charge in [-0.1, -0.05) is 12.1 Å². The van der Waals surface area contributed by atoms with Gasteiger partial charge in [0.1, 0.15) is 0 Å². The van der Waals surface area contributed by atoms with Crippen LogP contribution in [0.1, 0.15) is 11.4 Å². The molecule has 0 aliphatic heterocycles. The van der Waals surface area contributed by atoms with Gasteiger partial charge in [-0.25, -0.2) is 37.3 Å². The van der Waals surface area contributed by atoms with E-state index in [1.807, 2.05) is 36.4 Å². The molecule has 2 heterocycles. The van der Waals surface area contributed by atoms with Crippen molar-refractivity contribution in [2.24, 2.45) is 0 Å². The molecule has 0 spiro atoms. The van der Waals surface area contributed by atoms with E-state index in [0.717, 1.165) is 24.5 Å². The number of halogens is 2. The summed E-state index contributed by atoms with van der Waals surface area (Å²) in [6, 6.07) is 11.8. The van der Waals surface area contributed by atoms with Gasteiger partial charge in [-0.2, -0.15) is 0 Å². The molecule has 2 aromatic heterocycles. The second-order valence-electron chi connectivity index (χ2n) is 4.00. The van der Waals surface area contributed by atoms with Crippen molar-refractivity contribution < 1.29 is 94.6 Å². The fourth-order valence-corrected chi connectivity index (χ4v) is 1.32. The van der Waals surface area contributed by atoms with Crippen molar-refractivity contribution in [1.29, 1.82) is 0 Å². The molecule has 0 fully saturated rings. The summed E-state index contributed by atoms with van der Waals surface area (Å²) in [5, 5.41) is 3.29. The van der Waals surface area contributed by atoms with Gasteiger partial charge in [0.25, 0.3) is 0 Å². The van der Waals surface area contributed by atoms with Crippen LogP contribution < -0.4 is 42.6 Å². The van der Waals surface area contributed by atoms with Crippen LogP contribution in [0, 0.1) is 20.5 Å². The SMILES string of the molecule is O.O.[O-][Cl+3]([O-])([O-])[O-].[O-][Cl+3]([O-])([O-])[O-].[OH3+].[Pd+2].c1ccc(CNCc2ccccn2)nc1.